The molecule has 0 aliphatic carbocycles. The van der Waals surface area contributed by atoms with E-state index in [4.69, 9.17) is 4.42 Å². The highest BCUT2D eigenvalue weighted by Crippen LogP contribution is 2.14. The third-order valence-corrected chi connectivity index (χ3v) is 5.16. The van der Waals surface area contributed by atoms with Crippen molar-refractivity contribution < 1.29 is 14.1 Å². The molecule has 2 heterocycles. The fourth-order valence-corrected chi connectivity index (χ4v) is 3.29. The Morgan fingerprint density at radius 1 is 1.27 bits per heavy atom. The van der Waals surface area contributed by atoms with Crippen LogP contribution in [-0.2, 0) is 4.79 Å². The minimum Gasteiger partial charge on any atom is -0.400 e. The Bertz CT molecular complexity index is 746. The van der Waals surface area contributed by atoms with Gasteiger partial charge in [0.05, 0.1) is 18.8 Å². The van der Waals surface area contributed by atoms with Gasteiger partial charge >= 0.3 is 5.88 Å². The standard InChI is InChI=1S/C21H33N5O4/c1-17(2)5-4-6-18(3)9-10-24-11-13-25(14-12-24)16-20(27)23-22-15-19-7-8-21(30-19)26(28)29/h5,7-8,15,18H,4,6,9-14,16H2,1-3H3,(H,23,27)/b22-15+. The summed E-state index contributed by atoms with van der Waals surface area (Å²) in [6.45, 7) is 11.6. The maximum absolute atomic E-state index is 12.0. The number of carbonyl (C=O) groups is 1. The van der Waals surface area contributed by atoms with E-state index in [0.29, 0.717) is 0 Å². The van der Waals surface area contributed by atoms with Crippen molar-refractivity contribution >= 4 is 18.0 Å². The number of nitrogens with zero attached hydrogens (tertiary/aromatic N) is 4. The molecule has 9 heteroatoms. The summed E-state index contributed by atoms with van der Waals surface area (Å²) >= 11 is 0. The highest BCUT2D eigenvalue weighted by Gasteiger charge is 2.19. The van der Waals surface area contributed by atoms with Gasteiger partial charge in [-0.25, -0.2) is 5.43 Å². The van der Waals surface area contributed by atoms with E-state index >= 15 is 0 Å². The predicted molar refractivity (Wildman–Crippen MR) is 116 cm³/mol. The third kappa shape index (κ3) is 8.87. The van der Waals surface area contributed by atoms with E-state index in [0.717, 1.165) is 45.1 Å². The Balaban J connectivity index is 1.60. The van der Waals surface area contributed by atoms with Crippen molar-refractivity contribution in [2.75, 3.05) is 39.3 Å². The number of nitro groups is 1. The van der Waals surface area contributed by atoms with Gasteiger partial charge in [0.15, 0.2) is 5.76 Å². The van der Waals surface area contributed by atoms with E-state index in [2.05, 4.69) is 47.2 Å². The second-order valence-electron chi connectivity index (χ2n) is 8.10. The molecule has 0 spiro atoms. The number of nitrogens with one attached hydrogen (secondary N) is 1. The first-order valence-corrected chi connectivity index (χ1v) is 10.5. The minimum atomic E-state index is -0.624. The fourth-order valence-electron chi connectivity index (χ4n) is 3.29. The molecule has 1 fully saturated rings. The van der Waals surface area contributed by atoms with Crippen LogP contribution < -0.4 is 5.43 Å². The molecule has 0 radical (unpaired) electrons. The van der Waals surface area contributed by atoms with Crippen molar-refractivity contribution in [3.05, 3.63) is 39.7 Å². The number of allylic oxidation sites excluding steroid dienone is 2. The molecular formula is C21H33N5O4. The maximum atomic E-state index is 12.0. The molecular weight excluding hydrogens is 386 g/mol. The Labute approximate surface area is 177 Å². The quantitative estimate of drug-likeness (QED) is 0.256. The average molecular weight is 420 g/mol. The lowest BCUT2D eigenvalue weighted by Gasteiger charge is -2.34. The lowest BCUT2D eigenvalue weighted by atomic mass is 10.0. The largest absolute Gasteiger partial charge is 0.433 e. The molecule has 1 saturated heterocycles. The van der Waals surface area contributed by atoms with Crippen LogP contribution in [0.3, 0.4) is 0 Å². The van der Waals surface area contributed by atoms with E-state index in [1.807, 2.05) is 0 Å². The summed E-state index contributed by atoms with van der Waals surface area (Å²) in [5.41, 5.74) is 3.82. The third-order valence-electron chi connectivity index (χ3n) is 5.16. The van der Waals surface area contributed by atoms with Gasteiger partial charge in [-0.05, 0) is 51.6 Å². The molecule has 1 N–H and O–H groups in total. The van der Waals surface area contributed by atoms with Gasteiger partial charge in [0.2, 0.25) is 0 Å². The number of hydrogen-bond donors (Lipinski definition) is 1. The summed E-state index contributed by atoms with van der Waals surface area (Å²) in [6.07, 6.45) is 7.16. The summed E-state index contributed by atoms with van der Waals surface area (Å²) in [6, 6.07) is 2.67. The first-order valence-electron chi connectivity index (χ1n) is 10.5. The van der Waals surface area contributed by atoms with Crippen molar-refractivity contribution in [1.29, 1.82) is 0 Å². The molecule has 1 aliphatic rings. The van der Waals surface area contributed by atoms with Crippen LogP contribution in [0.25, 0.3) is 0 Å². The summed E-state index contributed by atoms with van der Waals surface area (Å²) in [5, 5.41) is 14.4. The van der Waals surface area contributed by atoms with Gasteiger partial charge < -0.3 is 9.32 Å². The van der Waals surface area contributed by atoms with Crippen molar-refractivity contribution in [2.24, 2.45) is 11.0 Å². The Morgan fingerprint density at radius 2 is 1.97 bits per heavy atom. The molecule has 30 heavy (non-hydrogen) atoms. The second-order valence-corrected chi connectivity index (χ2v) is 8.10. The second kappa shape index (κ2) is 12.2. The average Bonchev–Trinajstić information content (AvgIpc) is 3.16. The highest BCUT2D eigenvalue weighted by molar-refractivity contribution is 5.81. The van der Waals surface area contributed by atoms with E-state index in [-0.39, 0.29) is 24.1 Å². The zero-order valence-electron chi connectivity index (χ0n) is 18.2. The number of hydrazone groups is 1. The van der Waals surface area contributed by atoms with Gasteiger partial charge in [-0.15, -0.1) is 0 Å². The smallest absolute Gasteiger partial charge is 0.400 e. The number of piperazine rings is 1. The van der Waals surface area contributed by atoms with E-state index < -0.39 is 4.92 Å². The zero-order valence-corrected chi connectivity index (χ0v) is 18.2. The van der Waals surface area contributed by atoms with Crippen LogP contribution in [0, 0.1) is 16.0 Å². The van der Waals surface area contributed by atoms with Crippen molar-refractivity contribution in [2.45, 2.75) is 40.0 Å². The number of hydrogen-bond acceptors (Lipinski definition) is 7. The van der Waals surface area contributed by atoms with Crippen LogP contribution in [0.4, 0.5) is 5.88 Å². The number of amides is 1. The van der Waals surface area contributed by atoms with E-state index in [1.54, 1.807) is 0 Å². The van der Waals surface area contributed by atoms with Crippen molar-refractivity contribution in [3.8, 4) is 0 Å². The summed E-state index contributed by atoms with van der Waals surface area (Å²) in [7, 11) is 0. The molecule has 0 saturated carbocycles. The van der Waals surface area contributed by atoms with Crippen LogP contribution in [0.2, 0.25) is 0 Å². The minimum absolute atomic E-state index is 0.214. The van der Waals surface area contributed by atoms with Crippen LogP contribution in [0.15, 0.2) is 33.3 Å². The van der Waals surface area contributed by atoms with Gasteiger partial charge in [0, 0.05) is 26.2 Å². The molecule has 0 aromatic carbocycles. The lowest BCUT2D eigenvalue weighted by molar-refractivity contribution is -0.402. The van der Waals surface area contributed by atoms with E-state index in [1.165, 1.54) is 36.8 Å². The van der Waals surface area contributed by atoms with E-state index in [9.17, 15) is 14.9 Å². The molecule has 1 aliphatic heterocycles. The SMILES string of the molecule is CC(C)=CCCC(C)CCN1CCN(CC(=O)N/N=C/c2ccc([N+](=O)[O-])o2)CC1. The molecule has 1 aromatic rings. The summed E-state index contributed by atoms with van der Waals surface area (Å²) in [5.74, 6) is 0.361. The normalized spacial score (nSPS) is 16.5. The molecule has 1 aromatic heterocycles. The van der Waals surface area contributed by atoms with Gasteiger partial charge in [0.25, 0.3) is 5.91 Å². The summed E-state index contributed by atoms with van der Waals surface area (Å²) in [4.78, 5) is 26.6. The molecule has 1 unspecified atom stereocenters. The first-order chi connectivity index (χ1) is 14.3. The van der Waals surface area contributed by atoms with Gasteiger partial charge in [0.1, 0.15) is 4.92 Å². The Morgan fingerprint density at radius 3 is 2.60 bits per heavy atom. The highest BCUT2D eigenvalue weighted by atomic mass is 16.6. The topological polar surface area (TPSA) is 104 Å². The Kier molecular flexibility index (Phi) is 9.69. The van der Waals surface area contributed by atoms with Gasteiger partial charge in [-0.2, -0.15) is 5.10 Å². The van der Waals surface area contributed by atoms with Crippen LogP contribution in [0.1, 0.15) is 45.8 Å². The van der Waals surface area contributed by atoms with Crippen LogP contribution in [0.5, 0.6) is 0 Å². The number of furan rings is 1. The number of rotatable bonds is 11. The zero-order chi connectivity index (χ0) is 21.9. The molecule has 166 valence electrons. The molecule has 2 rings (SSSR count). The van der Waals surface area contributed by atoms with Crippen molar-refractivity contribution in [1.82, 2.24) is 15.2 Å². The van der Waals surface area contributed by atoms with Gasteiger partial charge in [-0.1, -0.05) is 18.6 Å². The molecule has 9 nitrogen and oxygen atoms in total. The van der Waals surface area contributed by atoms with Crippen LogP contribution in [-0.4, -0.2) is 66.1 Å². The monoisotopic (exact) mass is 419 g/mol. The molecule has 1 amide bonds. The first kappa shape index (κ1) is 23.8. The van der Waals surface area contributed by atoms with Crippen molar-refractivity contribution in [3.63, 3.8) is 0 Å². The lowest BCUT2D eigenvalue weighted by Crippen LogP contribution is -2.49. The predicted octanol–water partition coefficient (Wildman–Crippen LogP) is 3.03. The number of carbonyl (C=O) groups excluding carboxylic acids is 1. The van der Waals surface area contributed by atoms with Crippen LogP contribution >= 0.6 is 0 Å². The summed E-state index contributed by atoms with van der Waals surface area (Å²) < 4.78 is 4.94. The fraction of sp³-hybridized carbons (Fsp3) is 0.619. The maximum Gasteiger partial charge on any atom is 0.433 e. The molecule has 1 atom stereocenters. The Hall–Kier alpha value is -2.52. The molecule has 0 bridgehead atoms. The van der Waals surface area contributed by atoms with Gasteiger partial charge in [-0.3, -0.25) is 19.8 Å².